The highest BCUT2D eigenvalue weighted by atomic mass is 16.2. The molecule has 0 aromatic carbocycles. The molecule has 0 aliphatic heterocycles. The molecule has 0 aliphatic carbocycles. The van der Waals surface area contributed by atoms with Crippen LogP contribution in [0.3, 0.4) is 0 Å². The third-order valence-corrected chi connectivity index (χ3v) is 4.83. The van der Waals surface area contributed by atoms with Crippen molar-refractivity contribution in [2.24, 2.45) is 5.84 Å². The average Bonchev–Trinajstić information content (AvgIpc) is 2.63. The van der Waals surface area contributed by atoms with Crippen molar-refractivity contribution < 1.29 is 4.79 Å². The maximum absolute atomic E-state index is 11.0. The van der Waals surface area contributed by atoms with Gasteiger partial charge in [0.2, 0.25) is 5.91 Å². The minimum absolute atomic E-state index is 0.0407. The zero-order valence-corrected chi connectivity index (χ0v) is 16.9. The largest absolute Gasteiger partial charge is 0.294 e. The van der Waals surface area contributed by atoms with Crippen molar-refractivity contribution in [3.05, 3.63) is 12.2 Å². The van der Waals surface area contributed by atoms with Gasteiger partial charge in [-0.1, -0.05) is 96.1 Å². The van der Waals surface area contributed by atoms with Gasteiger partial charge >= 0.3 is 0 Å². The standard InChI is InChI=1S/C22H44N2O/c1-2-3-4-5-6-7-8-9-10-11-12-13-14-15-16-17-18-19-20-21-22(25)24-23/h9-10H,2-8,11-21,23H2,1H3,(H,24,25)/b10-9+. The molecule has 0 aromatic rings. The van der Waals surface area contributed by atoms with Gasteiger partial charge < -0.3 is 0 Å². The molecule has 0 heterocycles. The van der Waals surface area contributed by atoms with Crippen LogP contribution in [0.4, 0.5) is 0 Å². The quantitative estimate of drug-likeness (QED) is 0.0907. The van der Waals surface area contributed by atoms with Crippen molar-refractivity contribution in [1.82, 2.24) is 5.43 Å². The van der Waals surface area contributed by atoms with Crippen LogP contribution < -0.4 is 11.3 Å². The molecule has 0 spiro atoms. The molecule has 0 radical (unpaired) electrons. The zero-order chi connectivity index (χ0) is 18.4. The van der Waals surface area contributed by atoms with Gasteiger partial charge in [0, 0.05) is 6.42 Å². The van der Waals surface area contributed by atoms with E-state index in [2.05, 4.69) is 24.5 Å². The molecule has 0 atom stereocenters. The summed E-state index contributed by atoms with van der Waals surface area (Å²) in [6.45, 7) is 2.27. The van der Waals surface area contributed by atoms with Crippen molar-refractivity contribution in [2.75, 3.05) is 0 Å². The molecule has 0 aliphatic rings. The zero-order valence-electron chi connectivity index (χ0n) is 16.9. The van der Waals surface area contributed by atoms with Gasteiger partial charge in [0.1, 0.15) is 0 Å². The molecule has 0 bridgehead atoms. The van der Waals surface area contributed by atoms with E-state index in [1.165, 1.54) is 96.3 Å². The first-order valence-corrected chi connectivity index (χ1v) is 11.0. The molecule has 1 amide bonds. The Morgan fingerprint density at radius 2 is 1.08 bits per heavy atom. The molecule has 3 heteroatoms. The van der Waals surface area contributed by atoms with Gasteiger partial charge in [-0.3, -0.25) is 10.2 Å². The monoisotopic (exact) mass is 352 g/mol. The number of unbranched alkanes of at least 4 members (excludes halogenated alkanes) is 15. The number of hydrogen-bond acceptors (Lipinski definition) is 2. The smallest absolute Gasteiger partial charge is 0.233 e. The Hall–Kier alpha value is -0.830. The van der Waals surface area contributed by atoms with Crippen LogP contribution in [-0.2, 0) is 4.79 Å². The van der Waals surface area contributed by atoms with Gasteiger partial charge in [-0.15, -0.1) is 0 Å². The number of hydrogen-bond donors (Lipinski definition) is 2. The van der Waals surface area contributed by atoms with Crippen molar-refractivity contribution in [3.8, 4) is 0 Å². The molecule has 0 aromatic heterocycles. The summed E-state index contributed by atoms with van der Waals surface area (Å²) >= 11 is 0. The summed E-state index contributed by atoms with van der Waals surface area (Å²) in [6, 6.07) is 0. The Morgan fingerprint density at radius 3 is 1.52 bits per heavy atom. The number of allylic oxidation sites excluding steroid dienone is 2. The molecule has 3 N–H and O–H groups in total. The number of nitrogens with one attached hydrogen (secondary N) is 1. The molecule has 0 saturated carbocycles. The Morgan fingerprint density at radius 1 is 0.680 bits per heavy atom. The normalized spacial score (nSPS) is 11.3. The minimum Gasteiger partial charge on any atom is -0.294 e. The highest BCUT2D eigenvalue weighted by molar-refractivity contribution is 5.74. The van der Waals surface area contributed by atoms with Crippen molar-refractivity contribution >= 4 is 5.91 Å². The summed E-state index contributed by atoms with van der Waals surface area (Å²) in [5.41, 5.74) is 2.18. The molecular formula is C22H44N2O. The molecule has 0 fully saturated rings. The number of hydrazine groups is 1. The Bertz CT molecular complexity index is 302. The predicted molar refractivity (Wildman–Crippen MR) is 110 cm³/mol. The molecule has 148 valence electrons. The number of amides is 1. The molecule has 0 unspecified atom stereocenters. The second kappa shape index (κ2) is 21.2. The van der Waals surface area contributed by atoms with Crippen molar-refractivity contribution in [2.45, 2.75) is 122 Å². The lowest BCUT2D eigenvalue weighted by Crippen LogP contribution is -2.29. The Labute approximate surface area is 157 Å². The second-order valence-electron chi connectivity index (χ2n) is 7.32. The molecular weight excluding hydrogens is 308 g/mol. The first kappa shape index (κ1) is 24.2. The van der Waals surface area contributed by atoms with Gasteiger partial charge in [-0.05, 0) is 32.1 Å². The fourth-order valence-electron chi connectivity index (χ4n) is 3.14. The fraction of sp³-hybridized carbons (Fsp3) is 0.864. The number of carbonyl (C=O) groups is 1. The highest BCUT2D eigenvalue weighted by Crippen LogP contribution is 2.12. The minimum atomic E-state index is -0.0407. The Balaban J connectivity index is 3.08. The fourth-order valence-corrected chi connectivity index (χ4v) is 3.14. The lowest BCUT2D eigenvalue weighted by atomic mass is 10.1. The van der Waals surface area contributed by atoms with Gasteiger partial charge in [-0.2, -0.15) is 0 Å². The maximum atomic E-state index is 11.0. The Kier molecular flexibility index (Phi) is 20.5. The summed E-state index contributed by atoms with van der Waals surface area (Å²) in [5, 5.41) is 0. The maximum Gasteiger partial charge on any atom is 0.233 e. The van der Waals surface area contributed by atoms with Gasteiger partial charge in [0.05, 0.1) is 0 Å². The summed E-state index contributed by atoms with van der Waals surface area (Å²) < 4.78 is 0. The second-order valence-corrected chi connectivity index (χ2v) is 7.32. The third-order valence-electron chi connectivity index (χ3n) is 4.83. The number of rotatable bonds is 19. The van der Waals surface area contributed by atoms with E-state index in [-0.39, 0.29) is 5.91 Å². The van der Waals surface area contributed by atoms with Crippen LogP contribution in [0, 0.1) is 0 Å². The highest BCUT2D eigenvalue weighted by Gasteiger charge is 1.97. The van der Waals surface area contributed by atoms with Crippen molar-refractivity contribution in [3.63, 3.8) is 0 Å². The van der Waals surface area contributed by atoms with Crippen LogP contribution in [0.25, 0.3) is 0 Å². The van der Waals surface area contributed by atoms with E-state index in [1.54, 1.807) is 0 Å². The van der Waals surface area contributed by atoms with Crippen LogP contribution in [-0.4, -0.2) is 5.91 Å². The van der Waals surface area contributed by atoms with Gasteiger partial charge in [0.15, 0.2) is 0 Å². The molecule has 3 nitrogen and oxygen atoms in total. The summed E-state index contributed by atoms with van der Waals surface area (Å²) in [6.07, 6.45) is 27.8. The van der Waals surface area contributed by atoms with Gasteiger partial charge in [-0.25, -0.2) is 5.84 Å². The topological polar surface area (TPSA) is 55.1 Å². The summed E-state index contributed by atoms with van der Waals surface area (Å²) in [4.78, 5) is 11.0. The van der Waals surface area contributed by atoms with Crippen LogP contribution in [0.1, 0.15) is 122 Å². The van der Waals surface area contributed by atoms with Crippen LogP contribution in [0.5, 0.6) is 0 Å². The van der Waals surface area contributed by atoms with E-state index in [9.17, 15) is 4.79 Å². The van der Waals surface area contributed by atoms with Crippen LogP contribution in [0.2, 0.25) is 0 Å². The first-order valence-electron chi connectivity index (χ1n) is 11.0. The van der Waals surface area contributed by atoms with Crippen LogP contribution in [0.15, 0.2) is 12.2 Å². The average molecular weight is 353 g/mol. The van der Waals surface area contributed by atoms with E-state index in [1.807, 2.05) is 0 Å². The van der Waals surface area contributed by atoms with E-state index < -0.39 is 0 Å². The first-order chi connectivity index (χ1) is 12.3. The van der Waals surface area contributed by atoms with Crippen LogP contribution >= 0.6 is 0 Å². The molecule has 25 heavy (non-hydrogen) atoms. The predicted octanol–water partition coefficient (Wildman–Crippen LogP) is 6.57. The SMILES string of the molecule is CCCCCCCC/C=C/CCCCCCCCCCCC(=O)NN. The van der Waals surface area contributed by atoms with E-state index in [0.29, 0.717) is 6.42 Å². The van der Waals surface area contributed by atoms with E-state index >= 15 is 0 Å². The van der Waals surface area contributed by atoms with Gasteiger partial charge in [0.25, 0.3) is 0 Å². The lowest BCUT2D eigenvalue weighted by Gasteiger charge is -2.02. The molecule has 0 rings (SSSR count). The number of nitrogens with two attached hydrogens (primary N) is 1. The van der Waals surface area contributed by atoms with E-state index in [4.69, 9.17) is 5.84 Å². The summed E-state index contributed by atoms with van der Waals surface area (Å²) in [5.74, 6) is 5.01. The van der Waals surface area contributed by atoms with E-state index in [0.717, 1.165) is 12.8 Å². The summed E-state index contributed by atoms with van der Waals surface area (Å²) in [7, 11) is 0. The molecule has 0 saturated heterocycles. The number of carbonyl (C=O) groups excluding carboxylic acids is 1. The van der Waals surface area contributed by atoms with Crippen molar-refractivity contribution in [1.29, 1.82) is 0 Å². The third kappa shape index (κ3) is 21.1. The lowest BCUT2D eigenvalue weighted by molar-refractivity contribution is -0.121.